The van der Waals surface area contributed by atoms with Gasteiger partial charge in [0.2, 0.25) is 0 Å². The largest absolute Gasteiger partial charge is 0.391 e. The van der Waals surface area contributed by atoms with E-state index in [0.717, 1.165) is 0 Å². The lowest BCUT2D eigenvalue weighted by atomic mass is 10.0. The number of ether oxygens (including phenoxy) is 1. The molecule has 0 aromatic heterocycles. The second-order valence-corrected chi connectivity index (χ2v) is 3.43. The Bertz CT molecular complexity index is 159. The van der Waals surface area contributed by atoms with Gasteiger partial charge in [0.1, 0.15) is 0 Å². The average Bonchev–Trinajstić information content (AvgIpc) is 2.01. The molecule has 0 fully saturated rings. The van der Waals surface area contributed by atoms with Gasteiger partial charge in [0.05, 0.1) is 18.6 Å². The van der Waals surface area contributed by atoms with Crippen molar-refractivity contribution in [2.75, 3.05) is 19.8 Å². The highest BCUT2D eigenvalue weighted by Gasteiger charge is 2.26. The molecule has 0 amide bonds. The third-order valence-corrected chi connectivity index (χ3v) is 1.75. The Labute approximate surface area is 81.0 Å². The quantitative estimate of drug-likeness (QED) is 0.651. The van der Waals surface area contributed by atoms with Gasteiger partial charge in [0, 0.05) is 19.6 Å². The van der Waals surface area contributed by atoms with Crippen molar-refractivity contribution in [2.45, 2.75) is 31.5 Å². The number of hydrogen-bond acceptors (Lipinski definition) is 3. The highest BCUT2D eigenvalue weighted by atomic mass is 19.4. The molecule has 0 rings (SSSR count). The van der Waals surface area contributed by atoms with E-state index in [2.05, 4.69) is 0 Å². The van der Waals surface area contributed by atoms with E-state index in [1.54, 1.807) is 0 Å². The van der Waals surface area contributed by atoms with Gasteiger partial charge in [-0.2, -0.15) is 13.2 Å². The number of hydrogen-bond donors (Lipinski definition) is 2. The molecule has 0 aliphatic carbocycles. The van der Waals surface area contributed by atoms with Crippen LogP contribution in [0.4, 0.5) is 13.2 Å². The van der Waals surface area contributed by atoms with Crippen LogP contribution in [0, 0.1) is 0 Å². The van der Waals surface area contributed by atoms with E-state index in [4.69, 9.17) is 10.5 Å². The first-order chi connectivity index (χ1) is 6.27. The third kappa shape index (κ3) is 8.28. The van der Waals surface area contributed by atoms with Gasteiger partial charge in [0.15, 0.2) is 0 Å². The fourth-order valence-electron chi connectivity index (χ4n) is 0.684. The van der Waals surface area contributed by atoms with Crippen LogP contribution < -0.4 is 5.73 Å². The summed E-state index contributed by atoms with van der Waals surface area (Å²) < 4.78 is 39.6. The molecule has 0 saturated heterocycles. The van der Waals surface area contributed by atoms with Crippen LogP contribution in [0.2, 0.25) is 0 Å². The molecular weight excluding hydrogens is 199 g/mol. The van der Waals surface area contributed by atoms with Crippen LogP contribution in [0.15, 0.2) is 0 Å². The number of halogens is 3. The summed E-state index contributed by atoms with van der Waals surface area (Å²) in [5.74, 6) is 0. The summed E-state index contributed by atoms with van der Waals surface area (Å²) in [5, 5.41) is 9.36. The SMILES string of the molecule is CC(O)(CN)CCOCCC(F)(F)F. The Morgan fingerprint density at radius 3 is 2.14 bits per heavy atom. The van der Waals surface area contributed by atoms with E-state index >= 15 is 0 Å². The van der Waals surface area contributed by atoms with Gasteiger partial charge < -0.3 is 15.6 Å². The summed E-state index contributed by atoms with van der Waals surface area (Å²) in [6.07, 6.45) is -4.91. The van der Waals surface area contributed by atoms with Crippen LogP contribution in [0.1, 0.15) is 19.8 Å². The van der Waals surface area contributed by atoms with E-state index in [0.29, 0.717) is 0 Å². The minimum absolute atomic E-state index is 0.0651. The molecule has 0 aliphatic rings. The first-order valence-corrected chi connectivity index (χ1v) is 4.34. The van der Waals surface area contributed by atoms with E-state index in [1.165, 1.54) is 6.92 Å². The second kappa shape index (κ2) is 5.53. The van der Waals surface area contributed by atoms with Gasteiger partial charge in [-0.25, -0.2) is 0 Å². The summed E-state index contributed by atoms with van der Waals surface area (Å²) in [6.45, 7) is 1.29. The number of alkyl halides is 3. The van der Waals surface area contributed by atoms with E-state index in [9.17, 15) is 18.3 Å². The van der Waals surface area contributed by atoms with Crippen LogP contribution in [0.3, 0.4) is 0 Å². The fraction of sp³-hybridized carbons (Fsp3) is 1.00. The molecular formula is C8H16F3NO2. The Hall–Kier alpha value is -0.330. The molecule has 0 aromatic carbocycles. The van der Waals surface area contributed by atoms with Crippen molar-refractivity contribution in [1.29, 1.82) is 0 Å². The summed E-state index contributed by atoms with van der Waals surface area (Å²) >= 11 is 0. The molecule has 3 nitrogen and oxygen atoms in total. The van der Waals surface area contributed by atoms with Crippen molar-refractivity contribution in [3.8, 4) is 0 Å². The van der Waals surface area contributed by atoms with Gasteiger partial charge in [-0.05, 0) is 6.92 Å². The van der Waals surface area contributed by atoms with Crippen molar-refractivity contribution in [2.24, 2.45) is 5.73 Å². The molecule has 86 valence electrons. The molecule has 14 heavy (non-hydrogen) atoms. The zero-order valence-corrected chi connectivity index (χ0v) is 8.10. The molecule has 0 radical (unpaired) electrons. The molecule has 6 heteroatoms. The number of aliphatic hydroxyl groups is 1. The highest BCUT2D eigenvalue weighted by Crippen LogP contribution is 2.19. The van der Waals surface area contributed by atoms with Gasteiger partial charge in [-0.1, -0.05) is 0 Å². The predicted octanol–water partition coefficient (Wildman–Crippen LogP) is 1.06. The summed E-state index contributed by atoms with van der Waals surface area (Å²) in [7, 11) is 0. The Morgan fingerprint density at radius 2 is 1.71 bits per heavy atom. The van der Waals surface area contributed by atoms with Crippen LogP contribution in [-0.2, 0) is 4.74 Å². The second-order valence-electron chi connectivity index (χ2n) is 3.43. The molecule has 0 aliphatic heterocycles. The average molecular weight is 215 g/mol. The molecule has 1 atom stereocenters. The van der Waals surface area contributed by atoms with Gasteiger partial charge in [0.25, 0.3) is 0 Å². The zero-order chi connectivity index (χ0) is 11.2. The maximum Gasteiger partial charge on any atom is 0.391 e. The maximum atomic E-state index is 11.6. The Morgan fingerprint density at radius 1 is 1.21 bits per heavy atom. The van der Waals surface area contributed by atoms with Crippen LogP contribution in [-0.4, -0.2) is 36.6 Å². The van der Waals surface area contributed by atoms with Crippen molar-refractivity contribution < 1.29 is 23.0 Å². The standard InChI is InChI=1S/C8H16F3NO2/c1-7(13,6-12)2-4-14-5-3-8(9,10)11/h13H,2-6,12H2,1H3. The summed E-state index contributed by atoms with van der Waals surface area (Å²) in [5.41, 5.74) is 4.15. The van der Waals surface area contributed by atoms with Gasteiger partial charge >= 0.3 is 6.18 Å². The van der Waals surface area contributed by atoms with Gasteiger partial charge in [-0.15, -0.1) is 0 Å². The van der Waals surface area contributed by atoms with E-state index in [1.807, 2.05) is 0 Å². The minimum Gasteiger partial charge on any atom is -0.389 e. The van der Waals surface area contributed by atoms with Crippen LogP contribution >= 0.6 is 0 Å². The first kappa shape index (κ1) is 13.7. The van der Waals surface area contributed by atoms with Crippen molar-refractivity contribution in [1.82, 2.24) is 0 Å². The third-order valence-electron chi connectivity index (χ3n) is 1.75. The lowest BCUT2D eigenvalue weighted by molar-refractivity contribution is -0.145. The lowest BCUT2D eigenvalue weighted by Crippen LogP contribution is -2.35. The monoisotopic (exact) mass is 215 g/mol. The molecule has 0 aromatic rings. The zero-order valence-electron chi connectivity index (χ0n) is 8.10. The van der Waals surface area contributed by atoms with Crippen LogP contribution in [0.5, 0.6) is 0 Å². The smallest absolute Gasteiger partial charge is 0.389 e. The van der Waals surface area contributed by atoms with Gasteiger partial charge in [-0.3, -0.25) is 0 Å². The first-order valence-electron chi connectivity index (χ1n) is 4.34. The molecule has 3 N–H and O–H groups in total. The molecule has 0 heterocycles. The van der Waals surface area contributed by atoms with Crippen molar-refractivity contribution in [3.63, 3.8) is 0 Å². The number of nitrogens with two attached hydrogens (primary N) is 1. The van der Waals surface area contributed by atoms with Crippen LogP contribution in [0.25, 0.3) is 0 Å². The van der Waals surface area contributed by atoms with Crippen molar-refractivity contribution >= 4 is 0 Å². The minimum atomic E-state index is -4.18. The summed E-state index contributed by atoms with van der Waals surface area (Å²) in [6, 6.07) is 0. The summed E-state index contributed by atoms with van der Waals surface area (Å²) in [4.78, 5) is 0. The molecule has 1 unspecified atom stereocenters. The molecule has 0 bridgehead atoms. The number of rotatable bonds is 6. The molecule has 0 saturated carbocycles. The molecule has 0 spiro atoms. The lowest BCUT2D eigenvalue weighted by Gasteiger charge is -2.20. The van der Waals surface area contributed by atoms with Crippen molar-refractivity contribution in [3.05, 3.63) is 0 Å². The predicted molar refractivity (Wildman–Crippen MR) is 45.8 cm³/mol. The maximum absolute atomic E-state index is 11.6. The Kier molecular flexibility index (Phi) is 5.40. The highest BCUT2D eigenvalue weighted by molar-refractivity contribution is 4.72. The topological polar surface area (TPSA) is 55.5 Å². The fourth-order valence-corrected chi connectivity index (χ4v) is 0.684. The Balaban J connectivity index is 3.39. The van der Waals surface area contributed by atoms with E-state index in [-0.39, 0.29) is 26.2 Å². The normalized spacial score (nSPS) is 16.7. The van der Waals surface area contributed by atoms with E-state index < -0.39 is 18.2 Å².